The molecule has 2 aromatic heterocycles. The van der Waals surface area contributed by atoms with Crippen LogP contribution in [0, 0.1) is 5.82 Å². The summed E-state index contributed by atoms with van der Waals surface area (Å²) in [6, 6.07) is 5.51. The van der Waals surface area contributed by atoms with Crippen molar-refractivity contribution in [3.63, 3.8) is 0 Å². The highest BCUT2D eigenvalue weighted by molar-refractivity contribution is 5.67. The molecule has 4 rings (SSSR count). The molecular weight excluding hydrogens is 481 g/mol. The molecule has 3 N–H and O–H groups in total. The van der Waals surface area contributed by atoms with Gasteiger partial charge in [0.1, 0.15) is 11.4 Å². The van der Waals surface area contributed by atoms with E-state index in [1.165, 1.54) is 12.1 Å². The van der Waals surface area contributed by atoms with Crippen LogP contribution in [-0.2, 0) is 16.5 Å². The predicted octanol–water partition coefficient (Wildman–Crippen LogP) is 3.00. The van der Waals surface area contributed by atoms with Gasteiger partial charge in [-0.15, -0.1) is 0 Å². The highest BCUT2D eigenvalue weighted by atomic mass is 19.1. The van der Waals surface area contributed by atoms with Crippen LogP contribution in [0.1, 0.15) is 32.4 Å². The molecule has 1 aromatic carbocycles. The van der Waals surface area contributed by atoms with Gasteiger partial charge in [0.05, 0.1) is 25.6 Å². The number of amides is 1. The van der Waals surface area contributed by atoms with Crippen molar-refractivity contribution in [3.8, 4) is 0 Å². The second-order valence-corrected chi connectivity index (χ2v) is 9.56. The maximum atomic E-state index is 13.6. The molecule has 0 saturated carbocycles. The predicted molar refractivity (Wildman–Crippen MR) is 136 cm³/mol. The summed E-state index contributed by atoms with van der Waals surface area (Å²) in [6.45, 7) is 7.90. The Morgan fingerprint density at radius 2 is 1.84 bits per heavy atom. The maximum absolute atomic E-state index is 13.6. The summed E-state index contributed by atoms with van der Waals surface area (Å²) in [7, 11) is 1.86. The van der Waals surface area contributed by atoms with Crippen molar-refractivity contribution in [1.82, 2.24) is 29.8 Å². The van der Waals surface area contributed by atoms with Gasteiger partial charge in [0.15, 0.2) is 5.82 Å². The van der Waals surface area contributed by atoms with Crippen molar-refractivity contribution in [2.75, 3.05) is 48.4 Å². The van der Waals surface area contributed by atoms with Crippen molar-refractivity contribution in [2.24, 2.45) is 7.05 Å². The van der Waals surface area contributed by atoms with Crippen LogP contribution in [0.3, 0.4) is 0 Å². The number of alkyl carbamates (subject to hydrolysis) is 1. The number of nitrogens with zero attached hydrogens (tertiary/aromatic N) is 6. The fraction of sp³-hybridized carbons (Fsp3) is 0.458. The third-order valence-electron chi connectivity index (χ3n) is 5.29. The molecule has 3 aromatic rings. The molecule has 0 spiro atoms. The number of morpholine rings is 1. The quantitative estimate of drug-likeness (QED) is 0.413. The van der Waals surface area contributed by atoms with Crippen LogP contribution in [-0.4, -0.2) is 69.0 Å². The fourth-order valence-corrected chi connectivity index (χ4v) is 3.58. The summed E-state index contributed by atoms with van der Waals surface area (Å²) < 4.78 is 26.3. The number of rotatable bonds is 8. The lowest BCUT2D eigenvalue weighted by molar-refractivity contribution is 0.0525. The Bertz CT molecular complexity index is 1190. The lowest BCUT2D eigenvalue weighted by atomic mass is 10.1. The second-order valence-electron chi connectivity index (χ2n) is 9.56. The van der Waals surface area contributed by atoms with Gasteiger partial charge in [-0.1, -0.05) is 12.1 Å². The van der Waals surface area contributed by atoms with E-state index in [2.05, 4.69) is 35.9 Å². The number of hydrogen-bond acceptors (Lipinski definition) is 10. The molecule has 0 radical (unpaired) electrons. The van der Waals surface area contributed by atoms with Crippen LogP contribution < -0.4 is 20.9 Å². The van der Waals surface area contributed by atoms with E-state index in [1.807, 2.05) is 11.9 Å². The molecule has 1 atom stereocenters. The van der Waals surface area contributed by atoms with E-state index < -0.39 is 17.7 Å². The summed E-state index contributed by atoms with van der Waals surface area (Å²) in [5.41, 5.74) is 0.0842. The first-order valence-corrected chi connectivity index (χ1v) is 12.0. The molecule has 12 nitrogen and oxygen atoms in total. The van der Waals surface area contributed by atoms with E-state index in [1.54, 1.807) is 50.0 Å². The fourth-order valence-electron chi connectivity index (χ4n) is 3.58. The van der Waals surface area contributed by atoms with Gasteiger partial charge in [-0.25, -0.2) is 14.2 Å². The molecule has 1 amide bonds. The number of aromatic nitrogens is 5. The van der Waals surface area contributed by atoms with Gasteiger partial charge in [-0.3, -0.25) is 0 Å². The Balaban J connectivity index is 1.60. The van der Waals surface area contributed by atoms with Gasteiger partial charge >= 0.3 is 6.09 Å². The highest BCUT2D eigenvalue weighted by Crippen LogP contribution is 2.22. The molecular formula is C24H32FN9O3. The number of carbonyl (C=O) groups excluding carboxylic acids is 1. The Kier molecular flexibility index (Phi) is 8.01. The lowest BCUT2D eigenvalue weighted by Crippen LogP contribution is -2.38. The standard InChI is InChI=1S/C24H32FN9O3/c1-24(2,3)37-23(35)26-13-18(16-5-7-17(25)8-6-16)28-20-30-21(29-19-14-33(4)15-27-19)32-22(31-20)34-9-11-36-12-10-34/h5-8,14-15,18H,9-13H2,1-4H3,(H,26,35)(H2,28,29,30,31,32)/t18-/m0/s1. The minimum atomic E-state index is -0.643. The summed E-state index contributed by atoms with van der Waals surface area (Å²) in [5, 5.41) is 9.14. The van der Waals surface area contributed by atoms with Gasteiger partial charge < -0.3 is 34.9 Å². The van der Waals surface area contributed by atoms with Gasteiger partial charge in [-0.05, 0) is 38.5 Å². The molecule has 1 aliphatic heterocycles. The number of hydrogen-bond donors (Lipinski definition) is 3. The number of benzene rings is 1. The van der Waals surface area contributed by atoms with Crippen molar-refractivity contribution in [3.05, 3.63) is 48.2 Å². The molecule has 1 saturated heterocycles. The largest absolute Gasteiger partial charge is 0.444 e. The number of carbonyl (C=O) groups is 1. The third kappa shape index (κ3) is 7.74. The smallest absolute Gasteiger partial charge is 0.407 e. The van der Waals surface area contributed by atoms with Crippen LogP contribution in [0.2, 0.25) is 0 Å². The zero-order chi connectivity index (χ0) is 26.4. The summed E-state index contributed by atoms with van der Waals surface area (Å²) in [5.74, 6) is 1.26. The van der Waals surface area contributed by atoms with E-state index in [0.717, 1.165) is 5.56 Å². The molecule has 37 heavy (non-hydrogen) atoms. The average molecular weight is 514 g/mol. The Labute approximate surface area is 214 Å². The van der Waals surface area contributed by atoms with Crippen molar-refractivity contribution in [1.29, 1.82) is 0 Å². The number of halogens is 1. The minimum Gasteiger partial charge on any atom is -0.444 e. The van der Waals surface area contributed by atoms with Crippen LogP contribution in [0.5, 0.6) is 0 Å². The molecule has 13 heteroatoms. The van der Waals surface area contributed by atoms with Crippen molar-refractivity contribution >= 4 is 29.8 Å². The molecule has 3 heterocycles. The zero-order valence-corrected chi connectivity index (χ0v) is 21.4. The van der Waals surface area contributed by atoms with Gasteiger partial charge in [-0.2, -0.15) is 15.0 Å². The lowest BCUT2D eigenvalue weighted by Gasteiger charge is -2.27. The first-order chi connectivity index (χ1) is 17.6. The molecule has 1 aliphatic rings. The summed E-state index contributed by atoms with van der Waals surface area (Å²) in [6.07, 6.45) is 2.90. The highest BCUT2D eigenvalue weighted by Gasteiger charge is 2.21. The number of anilines is 4. The van der Waals surface area contributed by atoms with E-state index in [0.29, 0.717) is 44.0 Å². The molecule has 1 fully saturated rings. The van der Waals surface area contributed by atoms with E-state index >= 15 is 0 Å². The van der Waals surface area contributed by atoms with Crippen LogP contribution in [0.25, 0.3) is 0 Å². The molecule has 0 bridgehead atoms. The van der Waals surface area contributed by atoms with E-state index in [4.69, 9.17) is 9.47 Å². The number of nitrogens with one attached hydrogen (secondary N) is 3. The first-order valence-electron chi connectivity index (χ1n) is 12.0. The van der Waals surface area contributed by atoms with Crippen molar-refractivity contribution in [2.45, 2.75) is 32.4 Å². The number of ether oxygens (including phenoxy) is 2. The van der Waals surface area contributed by atoms with Crippen LogP contribution in [0.4, 0.5) is 32.8 Å². The monoisotopic (exact) mass is 513 g/mol. The summed E-state index contributed by atoms with van der Waals surface area (Å²) >= 11 is 0. The molecule has 198 valence electrons. The number of aryl methyl sites for hydroxylation is 1. The SMILES string of the molecule is Cn1cnc(Nc2nc(N[C@@H](CNC(=O)OC(C)(C)C)c3ccc(F)cc3)nc(N3CCOCC3)n2)c1. The first kappa shape index (κ1) is 26.1. The summed E-state index contributed by atoms with van der Waals surface area (Å²) in [4.78, 5) is 32.3. The van der Waals surface area contributed by atoms with E-state index in [9.17, 15) is 9.18 Å². The third-order valence-corrected chi connectivity index (χ3v) is 5.29. The van der Waals surface area contributed by atoms with Crippen LogP contribution in [0.15, 0.2) is 36.8 Å². The second kappa shape index (κ2) is 11.4. The average Bonchev–Trinajstić information content (AvgIpc) is 3.26. The van der Waals surface area contributed by atoms with E-state index in [-0.39, 0.29) is 18.3 Å². The molecule has 0 aliphatic carbocycles. The Morgan fingerprint density at radius 3 is 2.49 bits per heavy atom. The van der Waals surface area contributed by atoms with Gasteiger partial charge in [0.25, 0.3) is 0 Å². The number of imidazole rings is 1. The topological polar surface area (TPSA) is 131 Å². The molecule has 0 unspecified atom stereocenters. The van der Waals surface area contributed by atoms with Gasteiger partial charge in [0.2, 0.25) is 17.8 Å². The van der Waals surface area contributed by atoms with Crippen molar-refractivity contribution < 1.29 is 18.7 Å². The zero-order valence-electron chi connectivity index (χ0n) is 21.4. The maximum Gasteiger partial charge on any atom is 0.407 e. The van der Waals surface area contributed by atoms with Crippen LogP contribution >= 0.6 is 0 Å². The minimum absolute atomic E-state index is 0.141. The normalized spacial score (nSPS) is 14.7. The Hall–Kier alpha value is -4.00. The van der Waals surface area contributed by atoms with Gasteiger partial charge in [0, 0.05) is 32.9 Å². The Morgan fingerprint density at radius 1 is 1.14 bits per heavy atom.